The van der Waals surface area contributed by atoms with Crippen molar-refractivity contribution in [3.63, 3.8) is 0 Å². The lowest BCUT2D eigenvalue weighted by molar-refractivity contribution is -0.118. The highest BCUT2D eigenvalue weighted by Gasteiger charge is 2.28. The molecule has 1 amide bonds. The molecule has 1 unspecified atom stereocenters. The summed E-state index contributed by atoms with van der Waals surface area (Å²) in [6.45, 7) is 1.48. The van der Waals surface area contributed by atoms with E-state index < -0.39 is 29.4 Å². The number of rotatable bonds is 6. The van der Waals surface area contributed by atoms with E-state index in [1.165, 1.54) is 30.3 Å². The van der Waals surface area contributed by atoms with Crippen molar-refractivity contribution in [2.24, 2.45) is 5.73 Å². The van der Waals surface area contributed by atoms with Crippen molar-refractivity contribution < 1.29 is 18.4 Å². The van der Waals surface area contributed by atoms with Crippen molar-refractivity contribution in [1.29, 1.82) is 0 Å². The Morgan fingerprint density at radius 1 is 1.21 bits per heavy atom. The lowest BCUT2D eigenvalue weighted by Crippen LogP contribution is -2.40. The van der Waals surface area contributed by atoms with Crippen molar-refractivity contribution in [2.75, 3.05) is 10.6 Å². The molecule has 3 aromatic rings. The number of halogens is 2. The van der Waals surface area contributed by atoms with Crippen LogP contribution in [0.25, 0.3) is 0 Å². The van der Waals surface area contributed by atoms with Gasteiger partial charge in [-0.1, -0.05) is 11.3 Å². The number of hydrogen-bond acceptors (Lipinski definition) is 7. The van der Waals surface area contributed by atoms with Gasteiger partial charge in [-0.05, 0) is 31.2 Å². The highest BCUT2D eigenvalue weighted by Crippen LogP contribution is 2.36. The van der Waals surface area contributed by atoms with Crippen LogP contribution in [-0.4, -0.2) is 27.7 Å². The molecule has 0 radical (unpaired) electrons. The molecule has 1 atom stereocenters. The van der Waals surface area contributed by atoms with Gasteiger partial charge in [-0.15, -0.1) is 0 Å². The molecule has 0 aliphatic carbocycles. The van der Waals surface area contributed by atoms with E-state index in [2.05, 4.69) is 9.97 Å². The van der Waals surface area contributed by atoms with Gasteiger partial charge < -0.3 is 16.4 Å². The summed E-state index contributed by atoms with van der Waals surface area (Å²) >= 11 is 0.910. The van der Waals surface area contributed by atoms with Crippen LogP contribution < -0.4 is 16.4 Å². The number of primary amides is 1. The zero-order chi connectivity index (χ0) is 20.4. The van der Waals surface area contributed by atoms with E-state index in [4.69, 9.17) is 11.5 Å². The summed E-state index contributed by atoms with van der Waals surface area (Å²) in [6.07, 6.45) is 2.91. The molecule has 144 valence electrons. The van der Waals surface area contributed by atoms with E-state index in [0.717, 1.165) is 23.5 Å². The fourth-order valence-corrected chi connectivity index (χ4v) is 3.53. The van der Waals surface area contributed by atoms with Crippen LogP contribution in [0.2, 0.25) is 0 Å². The molecule has 0 bridgehead atoms. The maximum Gasteiger partial charge on any atom is 0.240 e. The Morgan fingerprint density at radius 3 is 2.57 bits per heavy atom. The third-order valence-electron chi connectivity index (χ3n) is 3.96. The largest absolute Gasteiger partial charge is 0.382 e. The molecule has 7 nitrogen and oxygen atoms in total. The second-order valence-electron chi connectivity index (χ2n) is 5.83. The maximum absolute atomic E-state index is 13.7. The van der Waals surface area contributed by atoms with Gasteiger partial charge in [0.05, 0.1) is 0 Å². The second-order valence-corrected chi connectivity index (χ2v) is 6.81. The first-order valence-corrected chi connectivity index (χ1v) is 8.86. The van der Waals surface area contributed by atoms with Crippen LogP contribution in [0.3, 0.4) is 0 Å². The van der Waals surface area contributed by atoms with E-state index in [9.17, 15) is 18.4 Å². The Hall–Kier alpha value is -3.40. The van der Waals surface area contributed by atoms with Crippen molar-refractivity contribution in [3.8, 4) is 0 Å². The highest BCUT2D eigenvalue weighted by atomic mass is 32.1. The molecule has 0 saturated carbocycles. The fraction of sp³-hybridized carbons (Fsp3) is 0.111. The van der Waals surface area contributed by atoms with Gasteiger partial charge in [-0.2, -0.15) is 0 Å². The molecule has 0 fully saturated rings. The minimum absolute atomic E-state index is 0.0573. The number of anilines is 3. The van der Waals surface area contributed by atoms with Crippen LogP contribution in [0.4, 0.5) is 25.4 Å². The summed E-state index contributed by atoms with van der Waals surface area (Å²) in [6, 6.07) is 5.33. The zero-order valence-electron chi connectivity index (χ0n) is 14.6. The van der Waals surface area contributed by atoms with E-state index in [1.807, 2.05) is 0 Å². The molecule has 28 heavy (non-hydrogen) atoms. The SMILES string of the molecule is CC(C(N)=O)N(c1ccc(F)c(F)c1)c1nc(N)c(C(=O)c2cccnc2)s1. The molecule has 0 aliphatic rings. The quantitative estimate of drug-likeness (QED) is 0.612. The lowest BCUT2D eigenvalue weighted by Gasteiger charge is -2.26. The Morgan fingerprint density at radius 2 is 1.96 bits per heavy atom. The number of nitrogens with zero attached hydrogens (tertiary/aromatic N) is 3. The van der Waals surface area contributed by atoms with Gasteiger partial charge in [0.15, 0.2) is 16.8 Å². The smallest absolute Gasteiger partial charge is 0.240 e. The molecule has 0 spiro atoms. The summed E-state index contributed by atoms with van der Waals surface area (Å²) < 4.78 is 27.1. The average molecular weight is 403 g/mol. The number of carbonyl (C=O) groups excluding carboxylic acids is 2. The molecule has 2 heterocycles. The highest BCUT2D eigenvalue weighted by molar-refractivity contribution is 7.18. The molecule has 1 aromatic carbocycles. The fourth-order valence-electron chi connectivity index (χ4n) is 2.48. The summed E-state index contributed by atoms with van der Waals surface area (Å²) in [7, 11) is 0. The third-order valence-corrected chi connectivity index (χ3v) is 5.03. The molecular formula is C18H15F2N5O2S. The summed E-state index contributed by atoms with van der Waals surface area (Å²) in [5.41, 5.74) is 11.8. The number of aromatic nitrogens is 2. The third kappa shape index (κ3) is 3.67. The van der Waals surface area contributed by atoms with Crippen LogP contribution in [0.5, 0.6) is 0 Å². The predicted molar refractivity (Wildman–Crippen MR) is 101 cm³/mol. The Kier molecular flexibility index (Phi) is 5.32. The second kappa shape index (κ2) is 7.69. The Balaban J connectivity index is 2.07. The molecule has 3 rings (SSSR count). The van der Waals surface area contributed by atoms with Gasteiger partial charge in [0.2, 0.25) is 11.7 Å². The van der Waals surface area contributed by atoms with Crippen LogP contribution in [0.1, 0.15) is 22.2 Å². The van der Waals surface area contributed by atoms with Gasteiger partial charge in [-0.25, -0.2) is 13.8 Å². The number of nitrogen functional groups attached to an aromatic ring is 1. The zero-order valence-corrected chi connectivity index (χ0v) is 15.4. The van der Waals surface area contributed by atoms with Gasteiger partial charge in [-0.3, -0.25) is 14.6 Å². The van der Waals surface area contributed by atoms with E-state index in [0.29, 0.717) is 5.56 Å². The average Bonchev–Trinajstić information content (AvgIpc) is 3.05. The van der Waals surface area contributed by atoms with E-state index in [1.54, 1.807) is 12.1 Å². The van der Waals surface area contributed by atoms with E-state index in [-0.39, 0.29) is 21.5 Å². The molecular weight excluding hydrogens is 388 g/mol. The van der Waals surface area contributed by atoms with Crippen molar-refractivity contribution >= 4 is 39.7 Å². The number of benzene rings is 1. The summed E-state index contributed by atoms with van der Waals surface area (Å²) in [5.74, 6) is -3.32. The minimum Gasteiger partial charge on any atom is -0.382 e. The van der Waals surface area contributed by atoms with Crippen molar-refractivity contribution in [2.45, 2.75) is 13.0 Å². The Labute approximate surface area is 162 Å². The van der Waals surface area contributed by atoms with Crippen molar-refractivity contribution in [3.05, 3.63) is 64.8 Å². The first kappa shape index (κ1) is 19.4. The maximum atomic E-state index is 13.7. The molecule has 4 N–H and O–H groups in total. The first-order valence-electron chi connectivity index (χ1n) is 8.04. The van der Waals surface area contributed by atoms with Gasteiger partial charge in [0, 0.05) is 29.7 Å². The minimum atomic E-state index is -1.10. The normalized spacial score (nSPS) is 11.8. The number of thiazole rings is 1. The van der Waals surface area contributed by atoms with Gasteiger partial charge in [0.1, 0.15) is 16.7 Å². The number of carbonyl (C=O) groups is 2. The summed E-state index contributed by atoms with van der Waals surface area (Å²) in [4.78, 5) is 33.9. The number of nitrogens with two attached hydrogens (primary N) is 2. The molecule has 0 aliphatic heterocycles. The Bertz CT molecular complexity index is 1040. The lowest BCUT2D eigenvalue weighted by atomic mass is 10.2. The van der Waals surface area contributed by atoms with Crippen LogP contribution in [-0.2, 0) is 4.79 Å². The number of pyridine rings is 1. The number of ketones is 1. The molecule has 2 aromatic heterocycles. The van der Waals surface area contributed by atoms with Crippen LogP contribution in [0.15, 0.2) is 42.7 Å². The predicted octanol–water partition coefficient (Wildman–Crippen LogP) is 2.64. The van der Waals surface area contributed by atoms with Crippen LogP contribution >= 0.6 is 11.3 Å². The summed E-state index contributed by atoms with van der Waals surface area (Å²) in [5, 5.41) is 0.141. The number of amides is 1. The topological polar surface area (TPSA) is 115 Å². The van der Waals surface area contributed by atoms with Crippen molar-refractivity contribution in [1.82, 2.24) is 9.97 Å². The van der Waals surface area contributed by atoms with Gasteiger partial charge >= 0.3 is 0 Å². The number of hydrogen-bond donors (Lipinski definition) is 2. The molecule has 0 saturated heterocycles. The monoisotopic (exact) mass is 403 g/mol. The first-order chi connectivity index (χ1) is 13.3. The van der Waals surface area contributed by atoms with Gasteiger partial charge in [0.25, 0.3) is 0 Å². The van der Waals surface area contributed by atoms with E-state index >= 15 is 0 Å². The van der Waals surface area contributed by atoms with Crippen LogP contribution in [0, 0.1) is 11.6 Å². The molecule has 10 heteroatoms. The standard InChI is InChI=1S/C18H15F2N5O2S/c1-9(17(22)27)25(11-4-5-12(19)13(20)7-11)18-24-16(21)15(28-18)14(26)10-3-2-6-23-8-10/h2-9H,21H2,1H3,(H2,22,27).